The molecule has 0 unspecified atom stereocenters. The maximum atomic E-state index is 2.42. The Labute approximate surface area is 237 Å². The van der Waals surface area contributed by atoms with E-state index in [0.29, 0.717) is 0 Å². The van der Waals surface area contributed by atoms with Gasteiger partial charge in [-0.25, -0.2) is 0 Å². The number of nitrogens with zero attached hydrogens (tertiary/aromatic N) is 1. The zero-order valence-corrected chi connectivity index (χ0v) is 22.6. The third-order valence-electron chi connectivity index (χ3n) is 7.84. The molecule has 0 bridgehead atoms. The predicted octanol–water partition coefficient (Wildman–Crippen LogP) is 11.5. The van der Waals surface area contributed by atoms with Crippen LogP contribution in [-0.2, 0) is 0 Å². The van der Waals surface area contributed by atoms with Crippen LogP contribution in [0.15, 0.2) is 152 Å². The van der Waals surface area contributed by atoms with Crippen molar-refractivity contribution in [2.24, 2.45) is 0 Å². The van der Waals surface area contributed by atoms with Crippen molar-refractivity contribution in [3.05, 3.63) is 152 Å². The number of benzene rings is 7. The average molecular weight is 528 g/mol. The predicted molar refractivity (Wildman–Crippen MR) is 174 cm³/mol. The first-order valence-electron chi connectivity index (χ1n) is 13.6. The van der Waals surface area contributed by atoms with Crippen molar-refractivity contribution in [2.45, 2.75) is 0 Å². The number of hydrogen-bond acceptors (Lipinski definition) is 2. The molecule has 0 radical (unpaired) electrons. The van der Waals surface area contributed by atoms with E-state index >= 15 is 0 Å². The summed E-state index contributed by atoms with van der Waals surface area (Å²) in [6, 6.07) is 55.0. The summed E-state index contributed by atoms with van der Waals surface area (Å²) in [7, 11) is 0. The maximum absolute atomic E-state index is 2.42. The summed E-state index contributed by atoms with van der Waals surface area (Å²) >= 11 is 1.86. The molecule has 0 aliphatic heterocycles. The first-order valence-corrected chi connectivity index (χ1v) is 14.4. The third-order valence-corrected chi connectivity index (χ3v) is 8.98. The number of para-hydroxylation sites is 1. The number of fused-ring (bicyclic) bond motifs is 5. The first kappa shape index (κ1) is 23.0. The van der Waals surface area contributed by atoms with Gasteiger partial charge in [0.25, 0.3) is 0 Å². The minimum Gasteiger partial charge on any atom is -0.310 e. The largest absolute Gasteiger partial charge is 0.310 e. The molecule has 1 nitrogen and oxygen atoms in total. The van der Waals surface area contributed by atoms with E-state index in [0.717, 1.165) is 11.4 Å². The Morgan fingerprint density at radius 2 is 1.05 bits per heavy atom. The molecule has 0 aliphatic carbocycles. The van der Waals surface area contributed by atoms with Crippen LogP contribution in [0.4, 0.5) is 17.1 Å². The Balaban J connectivity index is 1.46. The summed E-state index contributed by atoms with van der Waals surface area (Å²) in [5.74, 6) is 0. The lowest BCUT2D eigenvalue weighted by molar-refractivity contribution is 1.30. The van der Waals surface area contributed by atoms with Crippen molar-refractivity contribution in [3.63, 3.8) is 0 Å². The highest BCUT2D eigenvalue weighted by molar-refractivity contribution is 7.25. The summed E-state index contributed by atoms with van der Waals surface area (Å²) in [4.78, 5) is 2.42. The van der Waals surface area contributed by atoms with Gasteiger partial charge in [0.2, 0.25) is 0 Å². The van der Waals surface area contributed by atoms with Gasteiger partial charge >= 0.3 is 0 Å². The second-order valence-corrected chi connectivity index (χ2v) is 11.2. The lowest BCUT2D eigenvalue weighted by atomic mass is 9.91. The lowest BCUT2D eigenvalue weighted by Crippen LogP contribution is -2.11. The molecule has 7 aromatic carbocycles. The fraction of sp³-hybridized carbons (Fsp3) is 0. The number of anilines is 3. The van der Waals surface area contributed by atoms with E-state index in [2.05, 4.69) is 157 Å². The Morgan fingerprint density at radius 3 is 1.90 bits per heavy atom. The van der Waals surface area contributed by atoms with Crippen LogP contribution in [0.25, 0.3) is 52.8 Å². The molecule has 2 heteroatoms. The van der Waals surface area contributed by atoms with Crippen molar-refractivity contribution < 1.29 is 0 Å². The molecule has 0 spiro atoms. The highest BCUT2D eigenvalue weighted by atomic mass is 32.1. The molecular formula is C38H25NS. The highest BCUT2D eigenvalue weighted by Crippen LogP contribution is 2.47. The smallest absolute Gasteiger partial charge is 0.0546 e. The van der Waals surface area contributed by atoms with E-state index in [9.17, 15) is 0 Å². The van der Waals surface area contributed by atoms with Gasteiger partial charge in [0.1, 0.15) is 0 Å². The first-order chi connectivity index (χ1) is 19.8. The third kappa shape index (κ3) is 3.69. The van der Waals surface area contributed by atoms with Gasteiger partial charge in [-0.1, -0.05) is 115 Å². The van der Waals surface area contributed by atoms with Gasteiger partial charge in [0.15, 0.2) is 0 Å². The molecule has 0 fully saturated rings. The molecule has 8 rings (SSSR count). The number of hydrogen-bond donors (Lipinski definition) is 0. The highest BCUT2D eigenvalue weighted by Gasteiger charge is 2.21. The Bertz CT molecular complexity index is 2170. The van der Waals surface area contributed by atoms with E-state index in [1.165, 1.54) is 58.5 Å². The van der Waals surface area contributed by atoms with Crippen molar-refractivity contribution in [1.29, 1.82) is 0 Å². The molecule has 1 heterocycles. The van der Waals surface area contributed by atoms with Crippen LogP contribution in [-0.4, -0.2) is 0 Å². The molecular weight excluding hydrogens is 502 g/mol. The quantitative estimate of drug-likeness (QED) is 0.220. The number of rotatable bonds is 4. The van der Waals surface area contributed by atoms with E-state index in [4.69, 9.17) is 0 Å². The molecule has 0 saturated carbocycles. The average Bonchev–Trinajstić information content (AvgIpc) is 3.39. The van der Waals surface area contributed by atoms with Crippen molar-refractivity contribution >= 4 is 70.1 Å². The van der Waals surface area contributed by atoms with Crippen molar-refractivity contribution in [1.82, 2.24) is 0 Å². The molecule has 8 aromatic rings. The van der Waals surface area contributed by atoms with Crippen LogP contribution < -0.4 is 4.90 Å². The lowest BCUT2D eigenvalue weighted by Gasteiger charge is -2.29. The van der Waals surface area contributed by atoms with Crippen LogP contribution in [0.3, 0.4) is 0 Å². The molecule has 0 amide bonds. The monoisotopic (exact) mass is 527 g/mol. The summed E-state index contributed by atoms with van der Waals surface area (Å²) in [5, 5.41) is 7.63. The van der Waals surface area contributed by atoms with Gasteiger partial charge in [-0.2, -0.15) is 0 Å². The van der Waals surface area contributed by atoms with E-state index in [1.807, 2.05) is 11.3 Å². The summed E-state index contributed by atoms with van der Waals surface area (Å²) < 4.78 is 2.62. The van der Waals surface area contributed by atoms with E-state index in [1.54, 1.807) is 0 Å². The van der Waals surface area contributed by atoms with E-state index < -0.39 is 0 Å². The molecule has 1 aromatic heterocycles. The van der Waals surface area contributed by atoms with Gasteiger partial charge in [0, 0.05) is 37.1 Å². The molecule has 188 valence electrons. The molecule has 0 atom stereocenters. The fourth-order valence-electron chi connectivity index (χ4n) is 6.03. The van der Waals surface area contributed by atoms with Crippen molar-refractivity contribution in [3.8, 4) is 11.1 Å². The topological polar surface area (TPSA) is 3.24 Å². The Hall–Kier alpha value is -4.92. The minimum atomic E-state index is 1.14. The minimum absolute atomic E-state index is 1.14. The fourth-order valence-corrected chi connectivity index (χ4v) is 7.17. The Morgan fingerprint density at radius 1 is 0.400 bits per heavy atom. The van der Waals surface area contributed by atoms with E-state index in [-0.39, 0.29) is 0 Å². The number of thiophene rings is 1. The van der Waals surface area contributed by atoms with Crippen LogP contribution in [0.1, 0.15) is 0 Å². The normalized spacial score (nSPS) is 11.5. The molecule has 0 N–H and O–H groups in total. The van der Waals surface area contributed by atoms with Crippen LogP contribution >= 0.6 is 11.3 Å². The van der Waals surface area contributed by atoms with Gasteiger partial charge in [-0.05, 0) is 63.5 Å². The maximum Gasteiger partial charge on any atom is 0.0546 e. The SMILES string of the molecule is c1ccc(N(c2ccc3c(c2)sc2ccccc23)c2ccc3ccccc3c2-c2cccc3ccccc23)cc1. The standard InChI is InChI=1S/C38H25NS/c1-2-14-28(15-3-1)39(29-22-23-33-32-18-8-9-20-36(32)40-37(33)25-29)35-24-21-27-12-5-7-17-31(27)38(35)34-19-10-13-26-11-4-6-16-30(26)34/h1-25H. The van der Waals surface area contributed by atoms with Gasteiger partial charge in [-0.3, -0.25) is 0 Å². The Kier molecular flexibility index (Phi) is 5.39. The zero-order valence-electron chi connectivity index (χ0n) is 21.8. The molecule has 0 saturated heterocycles. The summed E-state index contributed by atoms with van der Waals surface area (Å²) in [6.07, 6.45) is 0. The van der Waals surface area contributed by atoms with Crippen LogP contribution in [0, 0.1) is 0 Å². The second-order valence-electron chi connectivity index (χ2n) is 10.2. The summed E-state index contributed by atoms with van der Waals surface area (Å²) in [6.45, 7) is 0. The second kappa shape index (κ2) is 9.37. The molecule has 0 aliphatic rings. The molecule has 40 heavy (non-hydrogen) atoms. The van der Waals surface area contributed by atoms with Crippen LogP contribution in [0.2, 0.25) is 0 Å². The summed E-state index contributed by atoms with van der Waals surface area (Å²) in [5.41, 5.74) is 5.95. The van der Waals surface area contributed by atoms with Gasteiger partial charge < -0.3 is 4.90 Å². The zero-order chi connectivity index (χ0) is 26.5. The van der Waals surface area contributed by atoms with Gasteiger partial charge in [0.05, 0.1) is 5.69 Å². The van der Waals surface area contributed by atoms with Crippen molar-refractivity contribution in [2.75, 3.05) is 4.90 Å². The van der Waals surface area contributed by atoms with Crippen LogP contribution in [0.5, 0.6) is 0 Å². The van der Waals surface area contributed by atoms with Gasteiger partial charge in [-0.15, -0.1) is 11.3 Å².